The number of hydrogen-bond acceptors (Lipinski definition) is 6. The van der Waals surface area contributed by atoms with Crippen LogP contribution < -0.4 is 4.90 Å². The summed E-state index contributed by atoms with van der Waals surface area (Å²) in [5.41, 5.74) is 7.35. The van der Waals surface area contributed by atoms with Crippen LogP contribution in [0.25, 0.3) is 5.65 Å². The van der Waals surface area contributed by atoms with E-state index in [1.165, 1.54) is 16.9 Å². The highest BCUT2D eigenvalue weighted by molar-refractivity contribution is 6.42. The van der Waals surface area contributed by atoms with E-state index in [0.29, 0.717) is 27.8 Å². The summed E-state index contributed by atoms with van der Waals surface area (Å²) in [6.45, 7) is 9.87. The van der Waals surface area contributed by atoms with Crippen LogP contribution in [0.1, 0.15) is 42.8 Å². The average molecular weight is 564 g/mol. The molecule has 2 aliphatic rings. The number of nitrogens with zero attached hydrogens (tertiary/aromatic N) is 6. The van der Waals surface area contributed by atoms with E-state index in [0.717, 1.165) is 62.5 Å². The maximum absolute atomic E-state index is 6.24. The van der Waals surface area contributed by atoms with E-state index in [1.807, 2.05) is 31.5 Å². The van der Waals surface area contributed by atoms with Gasteiger partial charge in [-0.15, -0.1) is 0 Å². The lowest BCUT2D eigenvalue weighted by Crippen LogP contribution is -2.71. The molecule has 0 unspecified atom stereocenters. The van der Waals surface area contributed by atoms with Gasteiger partial charge in [0.05, 0.1) is 15.7 Å². The third-order valence-electron chi connectivity index (χ3n) is 7.57. The molecule has 202 valence electrons. The molecular weight excluding hydrogens is 531 g/mol. The number of pyridine rings is 2. The van der Waals surface area contributed by atoms with Gasteiger partial charge in [0, 0.05) is 79.7 Å². The fourth-order valence-electron chi connectivity index (χ4n) is 5.76. The number of oxime groups is 1. The van der Waals surface area contributed by atoms with Crippen LogP contribution in [0.3, 0.4) is 0 Å². The van der Waals surface area contributed by atoms with Gasteiger partial charge >= 0.3 is 0 Å². The molecule has 9 heteroatoms. The van der Waals surface area contributed by atoms with Crippen LogP contribution in [0, 0.1) is 5.41 Å². The van der Waals surface area contributed by atoms with Gasteiger partial charge < -0.3 is 14.1 Å². The zero-order valence-corrected chi connectivity index (χ0v) is 23.8. The van der Waals surface area contributed by atoms with Gasteiger partial charge in [0.1, 0.15) is 18.0 Å². The van der Waals surface area contributed by atoms with Gasteiger partial charge in [-0.2, -0.15) is 0 Å². The number of fused-ring (bicyclic) bond motifs is 1. The molecule has 0 atom stereocenters. The van der Waals surface area contributed by atoms with Crippen molar-refractivity contribution in [2.75, 3.05) is 37.7 Å². The van der Waals surface area contributed by atoms with Crippen molar-refractivity contribution in [1.29, 1.82) is 0 Å². The van der Waals surface area contributed by atoms with Crippen molar-refractivity contribution in [3.05, 3.63) is 93.6 Å². The quantitative estimate of drug-likeness (QED) is 0.182. The number of rotatable bonds is 9. The topological polar surface area (TPSA) is 58.3 Å². The number of imidazole rings is 1. The smallest absolute Gasteiger partial charge is 0.138 e. The predicted octanol–water partition coefficient (Wildman–Crippen LogP) is 6.10. The number of benzene rings is 1. The van der Waals surface area contributed by atoms with Crippen molar-refractivity contribution in [2.45, 2.75) is 33.2 Å². The number of aromatic nitrogens is 3. The van der Waals surface area contributed by atoms with Crippen molar-refractivity contribution >= 4 is 40.2 Å². The average Bonchev–Trinajstić information content (AvgIpc) is 3.30. The number of likely N-dealkylation sites (tertiary alicyclic amines) is 1. The molecule has 7 nitrogen and oxygen atoms in total. The summed E-state index contributed by atoms with van der Waals surface area (Å²) in [4.78, 5) is 19.7. The van der Waals surface area contributed by atoms with Gasteiger partial charge in [-0.1, -0.05) is 53.8 Å². The predicted molar refractivity (Wildman–Crippen MR) is 157 cm³/mol. The lowest BCUT2D eigenvalue weighted by Gasteiger charge is -2.61. The highest BCUT2D eigenvalue weighted by atomic mass is 35.5. The molecule has 0 aliphatic carbocycles. The summed E-state index contributed by atoms with van der Waals surface area (Å²) in [7, 11) is 0. The van der Waals surface area contributed by atoms with Crippen molar-refractivity contribution in [3.63, 3.8) is 0 Å². The standard InChI is InChI=1S/C30H32Cl2N6O/c1-3-5-24-15-34-28-13-23(10-11-38(24)28)37-19-30(20-37)17-36(18-30)16-21-6-9-27(33-14-21)29(35-39-4-2)22-7-8-25(31)26(32)12-22/h6-15H,3-5,16-20H2,1-2H3/b35-29+. The Morgan fingerprint density at radius 1 is 0.974 bits per heavy atom. The second-order valence-electron chi connectivity index (χ2n) is 10.7. The minimum absolute atomic E-state index is 0.396. The van der Waals surface area contributed by atoms with Gasteiger partial charge in [0.2, 0.25) is 0 Å². The van der Waals surface area contributed by atoms with Crippen molar-refractivity contribution < 1.29 is 4.84 Å². The van der Waals surface area contributed by atoms with Crippen LogP contribution in [0.15, 0.2) is 66.2 Å². The molecule has 5 heterocycles. The summed E-state index contributed by atoms with van der Waals surface area (Å²) in [5, 5.41) is 5.27. The second-order valence-corrected chi connectivity index (χ2v) is 11.5. The largest absolute Gasteiger partial charge is 0.396 e. The summed E-state index contributed by atoms with van der Waals surface area (Å²) >= 11 is 12.3. The monoisotopic (exact) mass is 562 g/mol. The summed E-state index contributed by atoms with van der Waals surface area (Å²) < 4.78 is 2.21. The van der Waals surface area contributed by atoms with Gasteiger partial charge in [-0.05, 0) is 43.2 Å². The summed E-state index contributed by atoms with van der Waals surface area (Å²) in [5.74, 6) is 0. The fraction of sp³-hybridized carbons (Fsp3) is 0.367. The number of aryl methyl sites for hydroxylation is 1. The van der Waals surface area contributed by atoms with E-state index >= 15 is 0 Å². The molecule has 2 saturated heterocycles. The zero-order valence-electron chi connectivity index (χ0n) is 22.3. The van der Waals surface area contributed by atoms with Crippen molar-refractivity contribution in [1.82, 2.24) is 19.3 Å². The Morgan fingerprint density at radius 2 is 1.82 bits per heavy atom. The molecular formula is C30H32Cl2N6O. The van der Waals surface area contributed by atoms with E-state index in [1.54, 1.807) is 12.1 Å². The van der Waals surface area contributed by atoms with E-state index in [9.17, 15) is 0 Å². The van der Waals surface area contributed by atoms with Crippen LogP contribution in [-0.2, 0) is 17.8 Å². The van der Waals surface area contributed by atoms with Crippen molar-refractivity contribution in [3.8, 4) is 0 Å². The fourth-order valence-corrected chi connectivity index (χ4v) is 6.05. The Kier molecular flexibility index (Phi) is 7.23. The summed E-state index contributed by atoms with van der Waals surface area (Å²) in [6, 6.07) is 14.0. The molecule has 39 heavy (non-hydrogen) atoms. The maximum Gasteiger partial charge on any atom is 0.138 e. The highest BCUT2D eigenvalue weighted by Gasteiger charge is 2.51. The molecule has 6 rings (SSSR count). The van der Waals surface area contributed by atoms with Crippen LogP contribution in [0.2, 0.25) is 10.0 Å². The summed E-state index contributed by atoms with van der Waals surface area (Å²) in [6.07, 6.45) is 8.29. The highest BCUT2D eigenvalue weighted by Crippen LogP contribution is 2.42. The maximum atomic E-state index is 6.24. The van der Waals surface area contributed by atoms with Gasteiger partial charge in [-0.3, -0.25) is 9.88 Å². The van der Waals surface area contributed by atoms with Crippen LogP contribution >= 0.6 is 23.2 Å². The first kappa shape index (κ1) is 26.1. The van der Waals surface area contributed by atoms with Crippen LogP contribution in [0.4, 0.5) is 5.69 Å². The van der Waals surface area contributed by atoms with E-state index < -0.39 is 0 Å². The molecule has 0 bridgehead atoms. The number of anilines is 1. The lowest BCUT2D eigenvalue weighted by atomic mass is 9.72. The van der Waals surface area contributed by atoms with Crippen LogP contribution in [-0.4, -0.2) is 57.8 Å². The molecule has 0 radical (unpaired) electrons. The number of hydrogen-bond donors (Lipinski definition) is 0. The normalized spacial score (nSPS) is 16.9. The SMILES string of the molecule is CCCc1cnc2cc(N3CC4(CN(Cc5ccc(/C(=N/OCC)c6ccc(Cl)c(Cl)c6)nc5)C4)C3)ccn12. The second kappa shape index (κ2) is 10.8. The van der Waals surface area contributed by atoms with E-state index in [4.69, 9.17) is 33.0 Å². The van der Waals surface area contributed by atoms with E-state index in [2.05, 4.69) is 55.7 Å². The molecule has 1 spiro atoms. The minimum atomic E-state index is 0.396. The lowest BCUT2D eigenvalue weighted by molar-refractivity contribution is -0.0273. The van der Waals surface area contributed by atoms with Crippen molar-refractivity contribution in [2.24, 2.45) is 10.6 Å². The molecule has 0 amide bonds. The first-order valence-electron chi connectivity index (χ1n) is 13.5. The first-order chi connectivity index (χ1) is 19.0. The Hall–Kier alpha value is -3.13. The van der Waals surface area contributed by atoms with Gasteiger partial charge in [-0.25, -0.2) is 4.98 Å². The minimum Gasteiger partial charge on any atom is -0.396 e. The third kappa shape index (κ3) is 5.23. The zero-order chi connectivity index (χ0) is 27.0. The van der Waals surface area contributed by atoms with Gasteiger partial charge in [0.25, 0.3) is 0 Å². The van der Waals surface area contributed by atoms with Gasteiger partial charge in [0.15, 0.2) is 0 Å². The molecule has 2 fully saturated rings. The number of halogens is 2. The Morgan fingerprint density at radius 3 is 2.54 bits per heavy atom. The Labute approximate surface area is 239 Å². The third-order valence-corrected chi connectivity index (χ3v) is 8.31. The first-order valence-corrected chi connectivity index (χ1v) is 14.3. The molecule has 1 aromatic carbocycles. The Bertz CT molecular complexity index is 1500. The Balaban J connectivity index is 1.05. The van der Waals surface area contributed by atoms with Crippen LogP contribution in [0.5, 0.6) is 0 Å². The molecule has 3 aromatic heterocycles. The molecule has 2 aliphatic heterocycles. The molecule has 0 saturated carbocycles. The molecule has 0 N–H and O–H groups in total. The molecule has 4 aromatic rings. The van der Waals surface area contributed by atoms with E-state index in [-0.39, 0.29) is 0 Å².